The molecule has 5 nitrogen and oxygen atoms in total. The van der Waals surface area contributed by atoms with Gasteiger partial charge < -0.3 is 21.2 Å². The standard InChI is InChI=1S/C12H13N3O2/c13-8-3-4-10(12(14)16)11(6-8)15-7-9-2-1-5-17-9/h1-6,15H,7,13H2,(H2,14,16). The molecule has 1 aromatic heterocycles. The quantitative estimate of drug-likeness (QED) is 0.696. The number of benzene rings is 1. The molecule has 0 bridgehead atoms. The fourth-order valence-corrected chi connectivity index (χ4v) is 1.52. The van der Waals surface area contributed by atoms with Gasteiger partial charge >= 0.3 is 0 Å². The summed E-state index contributed by atoms with van der Waals surface area (Å²) in [5.74, 6) is 0.273. The minimum atomic E-state index is -0.494. The molecule has 0 aliphatic carbocycles. The first-order valence-corrected chi connectivity index (χ1v) is 5.12. The van der Waals surface area contributed by atoms with Crippen molar-refractivity contribution in [2.45, 2.75) is 6.54 Å². The van der Waals surface area contributed by atoms with Gasteiger partial charge in [0.25, 0.3) is 5.91 Å². The van der Waals surface area contributed by atoms with Gasteiger partial charge in [0, 0.05) is 11.4 Å². The minimum absolute atomic E-state index is 0.408. The lowest BCUT2D eigenvalue weighted by atomic mass is 10.1. The Kier molecular flexibility index (Phi) is 3.00. The molecule has 0 fully saturated rings. The first-order chi connectivity index (χ1) is 8.16. The molecule has 5 heteroatoms. The molecule has 0 saturated carbocycles. The van der Waals surface area contributed by atoms with E-state index in [4.69, 9.17) is 15.9 Å². The lowest BCUT2D eigenvalue weighted by molar-refractivity contribution is 0.100. The molecule has 1 aromatic carbocycles. The first kappa shape index (κ1) is 11.1. The van der Waals surface area contributed by atoms with E-state index in [1.807, 2.05) is 6.07 Å². The molecule has 0 aliphatic rings. The molecule has 1 amide bonds. The Balaban J connectivity index is 2.19. The van der Waals surface area contributed by atoms with E-state index >= 15 is 0 Å². The normalized spacial score (nSPS) is 10.1. The van der Waals surface area contributed by atoms with Crippen molar-refractivity contribution in [2.24, 2.45) is 5.73 Å². The number of anilines is 2. The van der Waals surface area contributed by atoms with Crippen molar-refractivity contribution in [3.8, 4) is 0 Å². The zero-order valence-electron chi connectivity index (χ0n) is 9.14. The van der Waals surface area contributed by atoms with E-state index in [0.717, 1.165) is 5.76 Å². The van der Waals surface area contributed by atoms with Gasteiger partial charge in [0.15, 0.2) is 0 Å². The van der Waals surface area contributed by atoms with E-state index < -0.39 is 5.91 Å². The average molecular weight is 231 g/mol. The topological polar surface area (TPSA) is 94.3 Å². The molecule has 0 radical (unpaired) electrons. The smallest absolute Gasteiger partial charge is 0.250 e. The van der Waals surface area contributed by atoms with Crippen LogP contribution in [0.15, 0.2) is 41.0 Å². The molecular formula is C12H13N3O2. The van der Waals surface area contributed by atoms with Crippen LogP contribution in [0, 0.1) is 0 Å². The Morgan fingerprint density at radius 2 is 2.18 bits per heavy atom. The van der Waals surface area contributed by atoms with Crippen LogP contribution >= 0.6 is 0 Å². The van der Waals surface area contributed by atoms with E-state index in [1.165, 1.54) is 0 Å². The fraction of sp³-hybridized carbons (Fsp3) is 0.0833. The lowest BCUT2D eigenvalue weighted by Crippen LogP contribution is -2.14. The third kappa shape index (κ3) is 2.57. The third-order valence-electron chi connectivity index (χ3n) is 2.34. The number of rotatable bonds is 4. The SMILES string of the molecule is NC(=O)c1ccc(N)cc1NCc1ccco1. The molecule has 0 saturated heterocycles. The number of primary amides is 1. The van der Waals surface area contributed by atoms with Crippen molar-refractivity contribution in [1.82, 2.24) is 0 Å². The van der Waals surface area contributed by atoms with Crippen LogP contribution in [-0.2, 0) is 6.54 Å². The van der Waals surface area contributed by atoms with Crippen molar-refractivity contribution in [1.29, 1.82) is 0 Å². The molecule has 17 heavy (non-hydrogen) atoms. The largest absolute Gasteiger partial charge is 0.467 e. The van der Waals surface area contributed by atoms with E-state index in [0.29, 0.717) is 23.5 Å². The summed E-state index contributed by atoms with van der Waals surface area (Å²) in [6.07, 6.45) is 1.59. The molecule has 2 aromatic rings. The van der Waals surface area contributed by atoms with Gasteiger partial charge in [-0.25, -0.2) is 0 Å². The highest BCUT2D eigenvalue weighted by molar-refractivity contribution is 5.99. The van der Waals surface area contributed by atoms with Gasteiger partial charge in [-0.2, -0.15) is 0 Å². The summed E-state index contributed by atoms with van der Waals surface area (Å²) in [5, 5.41) is 3.06. The highest BCUT2D eigenvalue weighted by atomic mass is 16.3. The van der Waals surface area contributed by atoms with Gasteiger partial charge in [0.1, 0.15) is 5.76 Å². The number of carbonyl (C=O) groups is 1. The van der Waals surface area contributed by atoms with Crippen molar-refractivity contribution < 1.29 is 9.21 Å². The minimum Gasteiger partial charge on any atom is -0.467 e. The van der Waals surface area contributed by atoms with Crippen LogP contribution in [0.5, 0.6) is 0 Å². The second-order valence-electron chi connectivity index (χ2n) is 3.60. The summed E-state index contributed by atoms with van der Waals surface area (Å²) in [6, 6.07) is 8.54. The van der Waals surface area contributed by atoms with Crippen molar-refractivity contribution >= 4 is 17.3 Å². The number of nitrogens with one attached hydrogen (secondary N) is 1. The summed E-state index contributed by atoms with van der Waals surface area (Å²) < 4.78 is 5.18. The number of nitrogens with two attached hydrogens (primary N) is 2. The van der Waals surface area contributed by atoms with Crippen LogP contribution in [-0.4, -0.2) is 5.91 Å². The second kappa shape index (κ2) is 4.61. The maximum absolute atomic E-state index is 11.2. The number of nitrogen functional groups attached to an aromatic ring is 1. The maximum Gasteiger partial charge on any atom is 0.250 e. The Bertz CT molecular complexity index is 521. The Hall–Kier alpha value is -2.43. The number of hydrogen-bond acceptors (Lipinski definition) is 4. The average Bonchev–Trinajstić information content (AvgIpc) is 2.78. The van der Waals surface area contributed by atoms with Gasteiger partial charge in [0.05, 0.1) is 18.4 Å². The third-order valence-corrected chi connectivity index (χ3v) is 2.34. The molecular weight excluding hydrogens is 218 g/mol. The second-order valence-corrected chi connectivity index (χ2v) is 3.60. The Labute approximate surface area is 98.4 Å². The highest BCUT2D eigenvalue weighted by Gasteiger charge is 2.08. The summed E-state index contributed by atoms with van der Waals surface area (Å²) in [5.41, 5.74) is 12.5. The van der Waals surface area contributed by atoms with Gasteiger partial charge in [-0.15, -0.1) is 0 Å². The monoisotopic (exact) mass is 231 g/mol. The highest BCUT2D eigenvalue weighted by Crippen LogP contribution is 2.19. The van der Waals surface area contributed by atoms with Gasteiger partial charge in [-0.05, 0) is 30.3 Å². The number of hydrogen-bond donors (Lipinski definition) is 3. The number of amides is 1. The molecule has 5 N–H and O–H groups in total. The van der Waals surface area contributed by atoms with E-state index in [1.54, 1.807) is 30.5 Å². The van der Waals surface area contributed by atoms with E-state index in [9.17, 15) is 4.79 Å². The molecule has 0 aliphatic heterocycles. The van der Waals surface area contributed by atoms with E-state index in [-0.39, 0.29) is 0 Å². The van der Waals surface area contributed by atoms with Crippen molar-refractivity contribution in [3.05, 3.63) is 47.9 Å². The van der Waals surface area contributed by atoms with Gasteiger partial charge in [-0.3, -0.25) is 4.79 Å². The summed E-state index contributed by atoms with van der Waals surface area (Å²) in [6.45, 7) is 0.469. The van der Waals surface area contributed by atoms with Crippen LogP contribution < -0.4 is 16.8 Å². The zero-order valence-corrected chi connectivity index (χ0v) is 9.14. The van der Waals surface area contributed by atoms with Crippen molar-refractivity contribution in [3.63, 3.8) is 0 Å². The van der Waals surface area contributed by atoms with E-state index in [2.05, 4.69) is 5.32 Å². The fourth-order valence-electron chi connectivity index (χ4n) is 1.52. The maximum atomic E-state index is 11.2. The summed E-state index contributed by atoms with van der Waals surface area (Å²) in [4.78, 5) is 11.2. The van der Waals surface area contributed by atoms with Crippen molar-refractivity contribution in [2.75, 3.05) is 11.1 Å². The molecule has 0 atom stereocenters. The Morgan fingerprint density at radius 1 is 1.35 bits per heavy atom. The zero-order chi connectivity index (χ0) is 12.3. The predicted octanol–water partition coefficient (Wildman–Crippen LogP) is 1.57. The van der Waals surface area contributed by atoms with Crippen LogP contribution in [0.4, 0.5) is 11.4 Å². The Morgan fingerprint density at radius 3 is 2.82 bits per heavy atom. The van der Waals surface area contributed by atoms with Crippen LogP contribution in [0.25, 0.3) is 0 Å². The first-order valence-electron chi connectivity index (χ1n) is 5.12. The molecule has 88 valence electrons. The number of carbonyl (C=O) groups excluding carboxylic acids is 1. The van der Waals surface area contributed by atoms with Gasteiger partial charge in [0.2, 0.25) is 0 Å². The molecule has 1 heterocycles. The van der Waals surface area contributed by atoms with Crippen LogP contribution in [0.3, 0.4) is 0 Å². The number of furan rings is 1. The summed E-state index contributed by atoms with van der Waals surface area (Å²) >= 11 is 0. The molecule has 0 spiro atoms. The molecule has 2 rings (SSSR count). The summed E-state index contributed by atoms with van der Waals surface area (Å²) in [7, 11) is 0. The van der Waals surface area contributed by atoms with Crippen LogP contribution in [0.2, 0.25) is 0 Å². The lowest BCUT2D eigenvalue weighted by Gasteiger charge is -2.09. The van der Waals surface area contributed by atoms with Crippen LogP contribution in [0.1, 0.15) is 16.1 Å². The van der Waals surface area contributed by atoms with Gasteiger partial charge in [-0.1, -0.05) is 0 Å². The predicted molar refractivity (Wildman–Crippen MR) is 65.4 cm³/mol. The molecule has 0 unspecified atom stereocenters.